The van der Waals surface area contributed by atoms with Crippen molar-refractivity contribution in [1.82, 2.24) is 9.88 Å². The number of halogens is 1. The second-order valence-corrected chi connectivity index (χ2v) is 7.48. The highest BCUT2D eigenvalue weighted by Gasteiger charge is 2.32. The molecule has 1 saturated carbocycles. The second-order valence-electron chi connectivity index (χ2n) is 7.48. The van der Waals surface area contributed by atoms with Crippen molar-refractivity contribution in [2.45, 2.75) is 38.8 Å². The number of aromatic carboxylic acids is 1. The van der Waals surface area contributed by atoms with Crippen molar-refractivity contribution in [2.75, 3.05) is 31.1 Å². The average molecular weight is 389 g/mol. The molecule has 1 aromatic heterocycles. The number of carboxylic acids is 1. The van der Waals surface area contributed by atoms with Gasteiger partial charge < -0.3 is 24.6 Å². The van der Waals surface area contributed by atoms with E-state index in [1.54, 1.807) is 4.57 Å². The first kappa shape index (κ1) is 18.7. The van der Waals surface area contributed by atoms with E-state index in [4.69, 9.17) is 4.74 Å². The smallest absolute Gasteiger partial charge is 0.341 e. The van der Waals surface area contributed by atoms with Gasteiger partial charge in [-0.3, -0.25) is 4.79 Å². The molecule has 2 heterocycles. The Balaban J connectivity index is 2.04. The molecule has 1 saturated heterocycles. The lowest BCUT2D eigenvalue weighted by Gasteiger charge is -2.35. The molecule has 0 amide bonds. The first-order chi connectivity index (χ1) is 13.4. The molecule has 0 spiro atoms. The summed E-state index contributed by atoms with van der Waals surface area (Å²) in [5, 5.41) is 12.8. The zero-order valence-electron chi connectivity index (χ0n) is 16.0. The van der Waals surface area contributed by atoms with E-state index in [0.29, 0.717) is 36.6 Å². The van der Waals surface area contributed by atoms with Crippen molar-refractivity contribution in [3.63, 3.8) is 0 Å². The molecule has 1 aliphatic carbocycles. The standard InChI is InChI=1S/C20H24FN3O4/c1-3-28-19-16-13(8-15(21)17(19)23-7-6-22-11(2)9-23)18(25)14(20(26)27)10-24(16)12-4-5-12/h8,10-12,22H,3-7,9H2,1-2H3,(H,26,27)/t11-/m0/s1. The number of hydrogen-bond acceptors (Lipinski definition) is 5. The van der Waals surface area contributed by atoms with Gasteiger partial charge in [-0.2, -0.15) is 0 Å². The number of ether oxygens (including phenoxy) is 1. The summed E-state index contributed by atoms with van der Waals surface area (Å²) in [4.78, 5) is 26.3. The average Bonchev–Trinajstić information content (AvgIpc) is 3.47. The van der Waals surface area contributed by atoms with Crippen LogP contribution in [0, 0.1) is 5.82 Å². The summed E-state index contributed by atoms with van der Waals surface area (Å²) in [6.07, 6.45) is 3.16. The maximum atomic E-state index is 15.2. The van der Waals surface area contributed by atoms with E-state index < -0.39 is 17.2 Å². The number of carboxylic acid groups (broad SMARTS) is 1. The predicted octanol–water partition coefficient (Wildman–Crippen LogP) is 2.37. The number of carbonyl (C=O) groups is 1. The van der Waals surface area contributed by atoms with E-state index in [1.807, 2.05) is 18.7 Å². The fourth-order valence-electron chi connectivity index (χ4n) is 3.95. The number of benzene rings is 1. The molecular weight excluding hydrogens is 365 g/mol. The molecular formula is C20H24FN3O4. The largest absolute Gasteiger partial charge is 0.489 e. The van der Waals surface area contributed by atoms with Crippen LogP contribution in [0.5, 0.6) is 5.75 Å². The van der Waals surface area contributed by atoms with Gasteiger partial charge in [-0.1, -0.05) is 0 Å². The molecule has 8 heteroatoms. The molecule has 1 aliphatic heterocycles. The molecule has 0 unspecified atom stereocenters. The fourth-order valence-corrected chi connectivity index (χ4v) is 3.95. The molecule has 2 aliphatic rings. The van der Waals surface area contributed by atoms with Crippen molar-refractivity contribution >= 4 is 22.6 Å². The first-order valence-corrected chi connectivity index (χ1v) is 9.68. The number of pyridine rings is 1. The van der Waals surface area contributed by atoms with Gasteiger partial charge >= 0.3 is 5.97 Å². The molecule has 28 heavy (non-hydrogen) atoms. The van der Waals surface area contributed by atoms with Crippen molar-refractivity contribution in [1.29, 1.82) is 0 Å². The van der Waals surface area contributed by atoms with Crippen molar-refractivity contribution in [3.05, 3.63) is 33.9 Å². The molecule has 4 rings (SSSR count). The summed E-state index contributed by atoms with van der Waals surface area (Å²) in [6.45, 7) is 6.11. The van der Waals surface area contributed by atoms with E-state index in [2.05, 4.69) is 5.32 Å². The zero-order chi connectivity index (χ0) is 20.0. The number of aromatic nitrogens is 1. The number of rotatable bonds is 5. The lowest BCUT2D eigenvalue weighted by atomic mass is 10.1. The van der Waals surface area contributed by atoms with Crippen LogP contribution in [-0.4, -0.2) is 47.9 Å². The van der Waals surface area contributed by atoms with E-state index in [0.717, 1.165) is 19.4 Å². The molecule has 2 N–H and O–H groups in total. The Morgan fingerprint density at radius 3 is 2.79 bits per heavy atom. The van der Waals surface area contributed by atoms with Crippen LogP contribution in [0.25, 0.3) is 10.9 Å². The molecule has 0 radical (unpaired) electrons. The van der Waals surface area contributed by atoms with Crippen LogP contribution in [0.15, 0.2) is 17.1 Å². The number of nitrogens with zero attached hydrogens (tertiary/aromatic N) is 2. The summed E-state index contributed by atoms with van der Waals surface area (Å²) in [6, 6.07) is 1.46. The van der Waals surface area contributed by atoms with Crippen molar-refractivity contribution in [3.8, 4) is 5.75 Å². The monoisotopic (exact) mass is 389 g/mol. The van der Waals surface area contributed by atoms with Gasteiger partial charge in [0.25, 0.3) is 0 Å². The van der Waals surface area contributed by atoms with E-state index in [-0.39, 0.29) is 23.0 Å². The zero-order valence-corrected chi connectivity index (χ0v) is 16.0. The molecule has 2 aromatic rings. The van der Waals surface area contributed by atoms with Crippen LogP contribution in [0.3, 0.4) is 0 Å². The Kier molecular flexibility index (Phi) is 4.74. The minimum absolute atomic E-state index is 0.0553. The molecule has 7 nitrogen and oxygen atoms in total. The van der Waals surface area contributed by atoms with Crippen LogP contribution < -0.4 is 20.4 Å². The summed E-state index contributed by atoms with van der Waals surface area (Å²) in [5.74, 6) is -1.54. The van der Waals surface area contributed by atoms with Gasteiger partial charge in [-0.15, -0.1) is 0 Å². The third-order valence-electron chi connectivity index (χ3n) is 5.34. The van der Waals surface area contributed by atoms with Gasteiger partial charge in [-0.25, -0.2) is 9.18 Å². The lowest BCUT2D eigenvalue weighted by Crippen LogP contribution is -2.49. The number of hydrogen-bond donors (Lipinski definition) is 2. The Morgan fingerprint density at radius 1 is 1.43 bits per heavy atom. The predicted molar refractivity (Wildman–Crippen MR) is 104 cm³/mol. The topological polar surface area (TPSA) is 83.8 Å². The summed E-state index contributed by atoms with van der Waals surface area (Å²) in [7, 11) is 0. The van der Waals surface area contributed by atoms with Crippen LogP contribution in [-0.2, 0) is 0 Å². The number of nitrogens with one attached hydrogen (secondary N) is 1. The third-order valence-corrected chi connectivity index (χ3v) is 5.34. The highest BCUT2D eigenvalue weighted by atomic mass is 19.1. The van der Waals surface area contributed by atoms with Gasteiger partial charge in [0, 0.05) is 37.9 Å². The number of piperazine rings is 1. The number of fused-ring (bicyclic) bond motifs is 1. The highest BCUT2D eigenvalue weighted by molar-refractivity contribution is 5.97. The van der Waals surface area contributed by atoms with E-state index in [1.165, 1.54) is 12.3 Å². The Labute approximate surface area is 161 Å². The maximum Gasteiger partial charge on any atom is 0.341 e. The molecule has 150 valence electrons. The van der Waals surface area contributed by atoms with Gasteiger partial charge in [0.15, 0.2) is 11.6 Å². The maximum absolute atomic E-state index is 15.2. The summed E-state index contributed by atoms with van der Waals surface area (Å²) < 4.78 is 22.9. The Bertz CT molecular complexity index is 999. The SMILES string of the molecule is CCOc1c(N2CCN[C@@H](C)C2)c(F)cc2c(=O)c(C(=O)O)cn(C3CC3)c12. The van der Waals surface area contributed by atoms with Gasteiger partial charge in [0.1, 0.15) is 11.3 Å². The lowest BCUT2D eigenvalue weighted by molar-refractivity contribution is 0.0694. The normalized spacial score (nSPS) is 19.8. The van der Waals surface area contributed by atoms with Crippen molar-refractivity contribution < 1.29 is 19.0 Å². The molecule has 1 aromatic carbocycles. The van der Waals surface area contributed by atoms with Crippen LogP contribution in [0.1, 0.15) is 43.1 Å². The summed E-state index contributed by atoms with van der Waals surface area (Å²) in [5.41, 5.74) is -0.189. The Morgan fingerprint density at radius 2 is 2.18 bits per heavy atom. The molecule has 1 atom stereocenters. The highest BCUT2D eigenvalue weighted by Crippen LogP contribution is 2.44. The minimum atomic E-state index is -1.31. The molecule has 0 bridgehead atoms. The van der Waals surface area contributed by atoms with Gasteiger partial charge in [0.2, 0.25) is 5.43 Å². The van der Waals surface area contributed by atoms with Crippen LogP contribution >= 0.6 is 0 Å². The van der Waals surface area contributed by atoms with Crippen molar-refractivity contribution in [2.24, 2.45) is 0 Å². The van der Waals surface area contributed by atoms with E-state index >= 15 is 4.39 Å². The Hall–Kier alpha value is -2.61. The van der Waals surface area contributed by atoms with Gasteiger partial charge in [0.05, 0.1) is 17.5 Å². The van der Waals surface area contributed by atoms with Crippen LogP contribution in [0.4, 0.5) is 10.1 Å². The van der Waals surface area contributed by atoms with E-state index in [9.17, 15) is 14.7 Å². The summed E-state index contributed by atoms with van der Waals surface area (Å²) >= 11 is 0. The number of anilines is 1. The first-order valence-electron chi connectivity index (χ1n) is 9.68. The third kappa shape index (κ3) is 3.11. The quantitative estimate of drug-likeness (QED) is 0.817. The second kappa shape index (κ2) is 7.09. The van der Waals surface area contributed by atoms with Gasteiger partial charge in [-0.05, 0) is 32.8 Å². The fraction of sp³-hybridized carbons (Fsp3) is 0.500. The minimum Gasteiger partial charge on any atom is -0.489 e. The van der Waals surface area contributed by atoms with Crippen LogP contribution in [0.2, 0.25) is 0 Å². The molecule has 2 fully saturated rings.